The van der Waals surface area contributed by atoms with Crippen LogP contribution in [-0.4, -0.2) is 13.1 Å². The average Bonchev–Trinajstić information content (AvgIpc) is 2.60. The Morgan fingerprint density at radius 3 is 2.57 bits per heavy atom. The second kappa shape index (κ2) is 4.95. The normalized spacial score (nSPS) is 11.2. The Labute approximate surface area is 130 Å². The van der Waals surface area contributed by atoms with Crippen molar-refractivity contribution in [2.45, 2.75) is 0 Å². The first-order valence-corrected chi connectivity index (χ1v) is 7.15. The van der Waals surface area contributed by atoms with E-state index in [1.54, 1.807) is 12.1 Å². The van der Waals surface area contributed by atoms with Gasteiger partial charge in [-0.1, -0.05) is 36.4 Å². The maximum atomic E-state index is 12.5. The largest absolute Gasteiger partial charge is 0.465 e. The van der Waals surface area contributed by atoms with Crippen LogP contribution >= 0.6 is 0 Å². The van der Waals surface area contributed by atoms with Crippen molar-refractivity contribution in [2.24, 2.45) is 0 Å². The number of rotatable bonds is 1. The van der Waals surface area contributed by atoms with Gasteiger partial charge in [0.1, 0.15) is 5.58 Å². The Morgan fingerprint density at radius 1 is 0.957 bits per heavy atom. The first kappa shape index (κ1) is 13.5. The summed E-state index contributed by atoms with van der Waals surface area (Å²) in [5.74, 6) is -0.465. The Morgan fingerprint density at radius 2 is 1.74 bits per heavy atom. The van der Waals surface area contributed by atoms with E-state index in [2.05, 4.69) is 0 Å². The zero-order chi connectivity index (χ0) is 16.0. The number of benzene rings is 3. The fourth-order valence-electron chi connectivity index (χ4n) is 2.94. The summed E-state index contributed by atoms with van der Waals surface area (Å²) in [5, 5.41) is 4.00. The number of hydrogen-bond acceptors (Lipinski definition) is 4. The molecule has 0 radical (unpaired) electrons. The Balaban J connectivity index is 2.15. The first-order valence-electron chi connectivity index (χ1n) is 7.15. The van der Waals surface area contributed by atoms with Gasteiger partial charge in [0.05, 0.1) is 18.1 Å². The summed E-state index contributed by atoms with van der Waals surface area (Å²) in [4.78, 5) is 24.1. The lowest BCUT2D eigenvalue weighted by atomic mass is 10.0. The van der Waals surface area contributed by atoms with Gasteiger partial charge in [0.25, 0.3) is 0 Å². The number of fused-ring (bicyclic) bond motifs is 5. The van der Waals surface area contributed by atoms with Crippen LogP contribution in [0.4, 0.5) is 0 Å². The predicted molar refractivity (Wildman–Crippen MR) is 88.8 cm³/mol. The molecule has 3 aromatic carbocycles. The third-order valence-corrected chi connectivity index (χ3v) is 4.03. The van der Waals surface area contributed by atoms with Crippen molar-refractivity contribution in [3.8, 4) is 0 Å². The molecule has 0 N–H and O–H groups in total. The molecule has 4 nitrogen and oxygen atoms in total. The minimum absolute atomic E-state index is 0.350. The average molecular weight is 304 g/mol. The monoisotopic (exact) mass is 304 g/mol. The lowest BCUT2D eigenvalue weighted by Crippen LogP contribution is -2.03. The van der Waals surface area contributed by atoms with Crippen LogP contribution in [0.2, 0.25) is 0 Å². The molecule has 0 saturated carbocycles. The molecular formula is C19H12O4. The lowest BCUT2D eigenvalue weighted by Gasteiger charge is -2.07. The van der Waals surface area contributed by atoms with Gasteiger partial charge < -0.3 is 9.15 Å². The number of methoxy groups -OCH3 is 1. The van der Waals surface area contributed by atoms with E-state index in [9.17, 15) is 9.59 Å². The highest BCUT2D eigenvalue weighted by Crippen LogP contribution is 2.29. The van der Waals surface area contributed by atoms with Crippen molar-refractivity contribution >= 4 is 38.5 Å². The van der Waals surface area contributed by atoms with Crippen LogP contribution in [0.5, 0.6) is 0 Å². The van der Waals surface area contributed by atoms with Gasteiger partial charge in [0.2, 0.25) is 0 Å². The van der Waals surface area contributed by atoms with Gasteiger partial charge >= 0.3 is 11.6 Å². The third kappa shape index (κ3) is 1.99. The molecule has 0 aliphatic rings. The molecule has 0 bridgehead atoms. The molecule has 0 spiro atoms. The van der Waals surface area contributed by atoms with Crippen LogP contribution in [0, 0.1) is 0 Å². The molecule has 0 amide bonds. The van der Waals surface area contributed by atoms with Gasteiger partial charge in [-0.05, 0) is 29.0 Å². The van der Waals surface area contributed by atoms with Crippen molar-refractivity contribution in [2.75, 3.05) is 7.11 Å². The highest BCUT2D eigenvalue weighted by Gasteiger charge is 2.13. The summed E-state index contributed by atoms with van der Waals surface area (Å²) in [7, 11) is 1.31. The highest BCUT2D eigenvalue weighted by atomic mass is 16.5. The molecule has 23 heavy (non-hydrogen) atoms. The van der Waals surface area contributed by atoms with Gasteiger partial charge in [-0.3, -0.25) is 0 Å². The molecule has 1 aromatic heterocycles. The summed E-state index contributed by atoms with van der Waals surface area (Å²) >= 11 is 0. The van der Waals surface area contributed by atoms with Gasteiger partial charge in [0, 0.05) is 10.8 Å². The molecule has 0 atom stereocenters. The molecule has 0 fully saturated rings. The van der Waals surface area contributed by atoms with Crippen LogP contribution in [-0.2, 0) is 4.74 Å². The van der Waals surface area contributed by atoms with Crippen LogP contribution < -0.4 is 5.63 Å². The number of ether oxygens (including phenoxy) is 1. The van der Waals surface area contributed by atoms with Gasteiger partial charge in [-0.15, -0.1) is 0 Å². The number of carbonyl (C=O) groups is 1. The molecule has 112 valence electrons. The fourth-order valence-corrected chi connectivity index (χ4v) is 2.94. The molecule has 4 heteroatoms. The maximum absolute atomic E-state index is 12.5. The standard InChI is InChI=1S/C19H12O4/c1-22-18(20)12-7-8-14-15-9-6-11-4-2-3-5-13(11)17(15)19(21)23-16(14)10-12/h2-10H,1H3. The zero-order valence-corrected chi connectivity index (χ0v) is 12.3. The van der Waals surface area contributed by atoms with E-state index in [4.69, 9.17) is 9.15 Å². The van der Waals surface area contributed by atoms with Crippen molar-refractivity contribution in [1.29, 1.82) is 0 Å². The van der Waals surface area contributed by atoms with E-state index in [-0.39, 0.29) is 0 Å². The highest BCUT2D eigenvalue weighted by molar-refractivity contribution is 6.15. The van der Waals surface area contributed by atoms with E-state index in [0.29, 0.717) is 16.5 Å². The van der Waals surface area contributed by atoms with Gasteiger partial charge in [-0.2, -0.15) is 0 Å². The van der Waals surface area contributed by atoms with Crippen molar-refractivity contribution < 1.29 is 13.9 Å². The van der Waals surface area contributed by atoms with E-state index in [0.717, 1.165) is 21.5 Å². The van der Waals surface area contributed by atoms with Crippen LogP contribution in [0.3, 0.4) is 0 Å². The van der Waals surface area contributed by atoms with Crippen molar-refractivity contribution in [3.63, 3.8) is 0 Å². The van der Waals surface area contributed by atoms with Crippen molar-refractivity contribution in [1.82, 2.24) is 0 Å². The summed E-state index contributed by atoms with van der Waals surface area (Å²) in [6, 6.07) is 16.6. The van der Waals surface area contributed by atoms with Gasteiger partial charge in [0.15, 0.2) is 0 Å². The molecular weight excluding hydrogens is 292 g/mol. The second-order valence-corrected chi connectivity index (χ2v) is 5.30. The van der Waals surface area contributed by atoms with Crippen LogP contribution in [0.25, 0.3) is 32.5 Å². The van der Waals surface area contributed by atoms with Crippen LogP contribution in [0.15, 0.2) is 63.8 Å². The summed E-state index contributed by atoms with van der Waals surface area (Å²) in [6.45, 7) is 0. The molecule has 1 heterocycles. The quantitative estimate of drug-likeness (QED) is 0.304. The molecule has 0 saturated heterocycles. The summed E-state index contributed by atoms with van der Waals surface area (Å²) < 4.78 is 10.2. The van der Waals surface area contributed by atoms with E-state index < -0.39 is 11.6 Å². The molecule has 0 aliphatic carbocycles. The number of esters is 1. The lowest BCUT2D eigenvalue weighted by molar-refractivity contribution is 0.0600. The second-order valence-electron chi connectivity index (χ2n) is 5.30. The van der Waals surface area contributed by atoms with E-state index in [1.807, 2.05) is 36.4 Å². The molecule has 0 aliphatic heterocycles. The third-order valence-electron chi connectivity index (χ3n) is 4.03. The Hall–Kier alpha value is -3.14. The van der Waals surface area contributed by atoms with Crippen molar-refractivity contribution in [3.05, 3.63) is 70.6 Å². The Kier molecular flexibility index (Phi) is 2.91. The number of carbonyl (C=O) groups excluding carboxylic acids is 1. The minimum atomic E-state index is -0.465. The predicted octanol–water partition coefficient (Wildman–Crippen LogP) is 3.89. The molecule has 4 rings (SSSR count). The Bertz CT molecular complexity index is 1140. The summed E-state index contributed by atoms with van der Waals surface area (Å²) in [6.07, 6.45) is 0. The minimum Gasteiger partial charge on any atom is -0.465 e. The smallest absolute Gasteiger partial charge is 0.344 e. The SMILES string of the molecule is COC(=O)c1ccc2c(c1)oc(=O)c1c3ccccc3ccc21. The first-order chi connectivity index (χ1) is 11.2. The maximum Gasteiger partial charge on any atom is 0.344 e. The molecule has 4 aromatic rings. The number of hydrogen-bond donors (Lipinski definition) is 0. The zero-order valence-electron chi connectivity index (χ0n) is 12.3. The van der Waals surface area contributed by atoms with Gasteiger partial charge in [-0.25, -0.2) is 9.59 Å². The fraction of sp³-hybridized carbons (Fsp3) is 0.0526. The van der Waals surface area contributed by atoms with E-state index >= 15 is 0 Å². The molecule has 0 unspecified atom stereocenters. The van der Waals surface area contributed by atoms with E-state index in [1.165, 1.54) is 13.2 Å². The van der Waals surface area contributed by atoms with Crippen LogP contribution in [0.1, 0.15) is 10.4 Å². The topological polar surface area (TPSA) is 56.5 Å². The summed E-state index contributed by atoms with van der Waals surface area (Å²) in [5.41, 5.74) is 0.315.